The third-order valence-corrected chi connectivity index (χ3v) is 5.46. The van der Waals surface area contributed by atoms with Gasteiger partial charge >= 0.3 is 5.97 Å². The minimum Gasteiger partial charge on any atom is -0.469 e. The zero-order valence-electron chi connectivity index (χ0n) is 13.8. The number of esters is 1. The molecule has 0 aromatic carbocycles. The van der Waals surface area contributed by atoms with E-state index in [4.69, 9.17) is 4.74 Å². The lowest BCUT2D eigenvalue weighted by Gasteiger charge is -2.42. The molecule has 0 aromatic heterocycles. The lowest BCUT2D eigenvalue weighted by molar-refractivity contribution is -0.155. The summed E-state index contributed by atoms with van der Waals surface area (Å²) in [4.78, 5) is 14.7. The molecule has 0 spiro atoms. The van der Waals surface area contributed by atoms with Gasteiger partial charge in [-0.05, 0) is 53.9 Å². The Bertz CT molecular complexity index is 375. The van der Waals surface area contributed by atoms with Gasteiger partial charge in [0.25, 0.3) is 0 Å². The minimum absolute atomic E-state index is 0.153. The number of rotatable bonds is 5. The normalized spacial score (nSPS) is 28.7. The number of methoxy groups -OCH3 is 1. The fraction of sp³-hybridized carbons (Fsp3) is 0.938. The predicted octanol–water partition coefficient (Wildman–Crippen LogP) is 2.18. The summed E-state index contributed by atoms with van der Waals surface area (Å²) in [6.07, 6.45) is 3.87. The van der Waals surface area contributed by atoms with E-state index in [1.54, 1.807) is 0 Å². The van der Waals surface area contributed by atoms with Gasteiger partial charge in [-0.1, -0.05) is 0 Å². The molecule has 1 saturated heterocycles. The van der Waals surface area contributed by atoms with Gasteiger partial charge in [0.05, 0.1) is 12.5 Å². The van der Waals surface area contributed by atoms with E-state index in [-0.39, 0.29) is 11.5 Å². The van der Waals surface area contributed by atoms with Gasteiger partial charge in [-0.15, -0.1) is 0 Å². The number of hydrogen-bond acceptors (Lipinski definition) is 4. The minimum atomic E-state index is -0.544. The Morgan fingerprint density at radius 2 is 1.85 bits per heavy atom. The molecule has 2 aliphatic rings. The molecule has 1 N–H and O–H groups in total. The summed E-state index contributed by atoms with van der Waals surface area (Å²) in [5.74, 6) is -0.153. The average Bonchev–Trinajstić information content (AvgIpc) is 3.12. The molecule has 20 heavy (non-hydrogen) atoms. The molecule has 2 rings (SSSR count). The molecule has 0 bridgehead atoms. The molecule has 4 heteroatoms. The molecule has 1 saturated carbocycles. The molecule has 0 amide bonds. The fourth-order valence-corrected chi connectivity index (χ4v) is 3.28. The van der Waals surface area contributed by atoms with Crippen LogP contribution in [-0.2, 0) is 9.53 Å². The number of likely N-dealkylation sites (tertiary alicyclic amines) is 1. The molecular weight excluding hydrogens is 252 g/mol. The zero-order valence-corrected chi connectivity index (χ0v) is 13.8. The third-order valence-electron chi connectivity index (χ3n) is 5.46. The summed E-state index contributed by atoms with van der Waals surface area (Å²) in [6.45, 7) is 11.6. The molecule has 4 nitrogen and oxygen atoms in total. The first-order chi connectivity index (χ1) is 9.19. The van der Waals surface area contributed by atoms with E-state index >= 15 is 0 Å². The molecule has 0 aromatic rings. The van der Waals surface area contributed by atoms with Crippen LogP contribution < -0.4 is 5.32 Å². The van der Waals surface area contributed by atoms with Crippen molar-refractivity contribution < 1.29 is 9.53 Å². The highest BCUT2D eigenvalue weighted by Gasteiger charge is 2.47. The van der Waals surface area contributed by atoms with Gasteiger partial charge in [0.2, 0.25) is 0 Å². The second-order valence-electron chi connectivity index (χ2n) is 7.60. The maximum atomic E-state index is 12.0. The van der Waals surface area contributed by atoms with Gasteiger partial charge in [-0.3, -0.25) is 9.69 Å². The van der Waals surface area contributed by atoms with E-state index in [0.29, 0.717) is 12.1 Å². The maximum absolute atomic E-state index is 12.0. The Balaban J connectivity index is 1.99. The molecule has 116 valence electrons. The first kappa shape index (κ1) is 15.8. The number of carbonyl (C=O) groups excluding carboxylic acids is 1. The zero-order chi connectivity index (χ0) is 15.1. The van der Waals surface area contributed by atoms with E-state index in [9.17, 15) is 4.79 Å². The van der Waals surface area contributed by atoms with Crippen molar-refractivity contribution in [2.75, 3.05) is 13.7 Å². The molecule has 1 heterocycles. The lowest BCUT2D eigenvalue weighted by Crippen LogP contribution is -2.58. The van der Waals surface area contributed by atoms with Crippen molar-refractivity contribution >= 4 is 5.97 Å². The number of nitrogens with one attached hydrogen (secondary N) is 1. The van der Waals surface area contributed by atoms with Gasteiger partial charge < -0.3 is 10.1 Å². The highest BCUT2D eigenvalue weighted by molar-refractivity contribution is 5.77. The number of hydrogen-bond donors (Lipinski definition) is 1. The van der Waals surface area contributed by atoms with E-state index in [2.05, 4.69) is 31.0 Å². The van der Waals surface area contributed by atoms with Crippen LogP contribution in [0, 0.1) is 5.41 Å². The van der Waals surface area contributed by atoms with Crippen LogP contribution in [-0.4, -0.2) is 48.2 Å². The van der Waals surface area contributed by atoms with Crippen LogP contribution in [0.4, 0.5) is 0 Å². The molecule has 1 aliphatic heterocycles. The number of nitrogens with zero attached hydrogens (tertiary/aromatic N) is 1. The van der Waals surface area contributed by atoms with Crippen molar-refractivity contribution in [1.29, 1.82) is 0 Å². The van der Waals surface area contributed by atoms with Crippen molar-refractivity contribution in [3.63, 3.8) is 0 Å². The van der Waals surface area contributed by atoms with Crippen molar-refractivity contribution in [3.8, 4) is 0 Å². The highest BCUT2D eigenvalue weighted by Crippen LogP contribution is 2.36. The SMILES string of the molecule is COC(=O)C(C)(C)C(C)(C)N[C@H]1C[C@@H](C)N(C2CC2)C1. The Labute approximate surface area is 123 Å². The van der Waals surface area contributed by atoms with E-state index < -0.39 is 5.41 Å². The standard InChI is InChI=1S/C16H30N2O2/c1-11-9-12(10-18(11)13-7-8-13)17-16(4,5)15(2,3)14(19)20-6/h11-13,17H,7-10H2,1-6H3/t11-,12+/m1/s1. The van der Waals surface area contributed by atoms with Crippen LogP contribution in [0.5, 0.6) is 0 Å². The van der Waals surface area contributed by atoms with Gasteiger partial charge in [-0.25, -0.2) is 0 Å². The second kappa shape index (κ2) is 5.30. The Kier molecular flexibility index (Phi) is 4.18. The highest BCUT2D eigenvalue weighted by atomic mass is 16.5. The summed E-state index contributed by atoms with van der Waals surface area (Å²) in [6, 6.07) is 1.93. The topological polar surface area (TPSA) is 41.6 Å². The van der Waals surface area contributed by atoms with Gasteiger partial charge in [0, 0.05) is 30.2 Å². The van der Waals surface area contributed by atoms with Crippen LogP contribution in [0.15, 0.2) is 0 Å². The Hall–Kier alpha value is -0.610. The van der Waals surface area contributed by atoms with E-state index in [0.717, 1.165) is 19.0 Å². The largest absolute Gasteiger partial charge is 0.469 e. The van der Waals surface area contributed by atoms with Crippen LogP contribution in [0.2, 0.25) is 0 Å². The van der Waals surface area contributed by atoms with E-state index in [1.165, 1.54) is 20.0 Å². The van der Waals surface area contributed by atoms with Crippen molar-refractivity contribution in [3.05, 3.63) is 0 Å². The first-order valence-electron chi connectivity index (χ1n) is 7.81. The monoisotopic (exact) mass is 282 g/mol. The Morgan fingerprint density at radius 3 is 2.35 bits per heavy atom. The molecule has 1 aliphatic carbocycles. The molecule has 2 atom stereocenters. The van der Waals surface area contributed by atoms with Crippen LogP contribution >= 0.6 is 0 Å². The third kappa shape index (κ3) is 2.86. The van der Waals surface area contributed by atoms with Crippen LogP contribution in [0.3, 0.4) is 0 Å². The Morgan fingerprint density at radius 1 is 1.25 bits per heavy atom. The summed E-state index contributed by atoms with van der Waals surface area (Å²) >= 11 is 0. The van der Waals surface area contributed by atoms with E-state index in [1.807, 2.05) is 13.8 Å². The van der Waals surface area contributed by atoms with Crippen LogP contribution in [0.1, 0.15) is 53.9 Å². The lowest BCUT2D eigenvalue weighted by atomic mass is 9.74. The summed E-state index contributed by atoms with van der Waals surface area (Å²) in [7, 11) is 1.46. The fourth-order valence-electron chi connectivity index (χ4n) is 3.28. The summed E-state index contributed by atoms with van der Waals surface area (Å²) in [5.41, 5.74) is -0.831. The molecular formula is C16H30N2O2. The number of ether oxygens (including phenoxy) is 1. The van der Waals surface area contributed by atoms with Gasteiger partial charge in [-0.2, -0.15) is 0 Å². The summed E-state index contributed by atoms with van der Waals surface area (Å²) in [5, 5.41) is 3.71. The average molecular weight is 282 g/mol. The quantitative estimate of drug-likeness (QED) is 0.785. The second-order valence-corrected chi connectivity index (χ2v) is 7.60. The molecule has 0 unspecified atom stereocenters. The summed E-state index contributed by atoms with van der Waals surface area (Å²) < 4.78 is 4.97. The van der Waals surface area contributed by atoms with Gasteiger partial charge in [0.15, 0.2) is 0 Å². The molecule has 2 fully saturated rings. The maximum Gasteiger partial charge on any atom is 0.313 e. The van der Waals surface area contributed by atoms with Gasteiger partial charge in [0.1, 0.15) is 0 Å². The van der Waals surface area contributed by atoms with Crippen molar-refractivity contribution in [1.82, 2.24) is 10.2 Å². The molecule has 0 radical (unpaired) electrons. The number of carbonyl (C=O) groups is 1. The van der Waals surface area contributed by atoms with Crippen molar-refractivity contribution in [2.45, 2.75) is 77.5 Å². The predicted molar refractivity (Wildman–Crippen MR) is 80.6 cm³/mol. The van der Waals surface area contributed by atoms with Crippen molar-refractivity contribution in [2.24, 2.45) is 5.41 Å². The first-order valence-corrected chi connectivity index (χ1v) is 7.81. The van der Waals surface area contributed by atoms with Crippen LogP contribution in [0.25, 0.3) is 0 Å². The smallest absolute Gasteiger partial charge is 0.313 e.